The summed E-state index contributed by atoms with van der Waals surface area (Å²) >= 11 is 0. The third kappa shape index (κ3) is 2.82. The second-order valence-corrected chi connectivity index (χ2v) is 4.79. The maximum Gasteiger partial charge on any atom is 0.339 e. The number of benzene rings is 2. The second-order valence-electron chi connectivity index (χ2n) is 4.79. The average molecular weight is 307 g/mol. The molecule has 0 aliphatic heterocycles. The molecular formula is C17H13N3O3. The van der Waals surface area contributed by atoms with Gasteiger partial charge in [-0.1, -0.05) is 53.7 Å². The van der Waals surface area contributed by atoms with Crippen molar-refractivity contribution in [3.63, 3.8) is 0 Å². The lowest BCUT2D eigenvalue weighted by molar-refractivity contribution is 0.0696. The lowest BCUT2D eigenvalue weighted by atomic mass is 10.0. The minimum Gasteiger partial charge on any atom is -0.478 e. The third-order valence-electron chi connectivity index (χ3n) is 3.34. The van der Waals surface area contributed by atoms with Gasteiger partial charge >= 0.3 is 5.97 Å². The number of carboxylic acid groups (broad SMARTS) is 1. The Morgan fingerprint density at radius 2 is 1.61 bits per heavy atom. The smallest absolute Gasteiger partial charge is 0.339 e. The first-order chi connectivity index (χ1) is 11.2. The Morgan fingerprint density at radius 3 is 2.17 bits per heavy atom. The fourth-order valence-electron chi connectivity index (χ4n) is 2.26. The molecule has 0 saturated heterocycles. The highest BCUT2D eigenvalue weighted by Crippen LogP contribution is 2.17. The predicted octanol–water partition coefficient (Wildman–Crippen LogP) is 2.80. The summed E-state index contributed by atoms with van der Waals surface area (Å²) in [6.45, 7) is 0. The number of carbonyl (C=O) groups is 1. The fourth-order valence-corrected chi connectivity index (χ4v) is 2.26. The van der Waals surface area contributed by atoms with Gasteiger partial charge in [-0.2, -0.15) is 5.10 Å². The summed E-state index contributed by atoms with van der Waals surface area (Å²) in [7, 11) is 0. The first kappa shape index (κ1) is 14.5. The van der Waals surface area contributed by atoms with E-state index >= 15 is 0 Å². The molecule has 0 aliphatic carbocycles. The lowest BCUT2D eigenvalue weighted by Gasteiger charge is -2.03. The quantitative estimate of drug-likeness (QED) is 0.441. The Bertz CT molecular complexity index is 855. The number of para-hydroxylation sites is 1. The van der Waals surface area contributed by atoms with Gasteiger partial charge in [-0.25, -0.2) is 9.48 Å². The molecule has 1 heterocycles. The Hall–Kier alpha value is -3.41. The van der Waals surface area contributed by atoms with Crippen LogP contribution in [0.3, 0.4) is 0 Å². The van der Waals surface area contributed by atoms with Gasteiger partial charge in [0.15, 0.2) is 0 Å². The molecule has 0 atom stereocenters. The predicted molar refractivity (Wildman–Crippen MR) is 84.4 cm³/mol. The number of carboxylic acids is 1. The van der Waals surface area contributed by atoms with Crippen molar-refractivity contribution in [2.24, 2.45) is 5.16 Å². The fraction of sp³-hybridized carbons (Fsp3) is 0. The van der Waals surface area contributed by atoms with E-state index in [-0.39, 0.29) is 17.0 Å². The highest BCUT2D eigenvalue weighted by atomic mass is 16.4. The molecule has 6 nitrogen and oxygen atoms in total. The minimum absolute atomic E-state index is 0.0366. The number of hydrogen-bond acceptors (Lipinski definition) is 4. The Labute approximate surface area is 131 Å². The van der Waals surface area contributed by atoms with Crippen molar-refractivity contribution in [1.82, 2.24) is 9.78 Å². The molecule has 3 rings (SSSR count). The van der Waals surface area contributed by atoms with Crippen LogP contribution in [-0.2, 0) is 0 Å². The summed E-state index contributed by atoms with van der Waals surface area (Å²) < 4.78 is 1.45. The summed E-state index contributed by atoms with van der Waals surface area (Å²) in [6, 6.07) is 17.9. The van der Waals surface area contributed by atoms with Crippen LogP contribution in [0.15, 0.2) is 72.0 Å². The highest BCUT2D eigenvalue weighted by molar-refractivity contribution is 6.15. The molecule has 0 amide bonds. The van der Waals surface area contributed by atoms with E-state index in [1.165, 1.54) is 10.9 Å². The summed E-state index contributed by atoms with van der Waals surface area (Å²) in [6.07, 6.45) is 1.40. The summed E-state index contributed by atoms with van der Waals surface area (Å²) in [4.78, 5) is 11.5. The maximum absolute atomic E-state index is 11.5. The van der Waals surface area contributed by atoms with Crippen LogP contribution in [0.4, 0.5) is 0 Å². The molecule has 1 aromatic heterocycles. The van der Waals surface area contributed by atoms with Crippen LogP contribution >= 0.6 is 0 Å². The molecule has 0 fully saturated rings. The van der Waals surface area contributed by atoms with E-state index in [2.05, 4.69) is 10.3 Å². The van der Waals surface area contributed by atoms with Crippen LogP contribution in [0.25, 0.3) is 5.69 Å². The molecule has 3 aromatic rings. The maximum atomic E-state index is 11.5. The number of hydrogen-bond donors (Lipinski definition) is 2. The SMILES string of the molecule is O=C(O)c1cn(-c2ccccc2)nc1C(=NO)c1ccccc1. The zero-order valence-corrected chi connectivity index (χ0v) is 12.0. The standard InChI is InChI=1S/C17H13N3O3/c21-17(22)14-11-20(13-9-5-2-6-10-13)18-16(14)15(19-23)12-7-3-1-4-8-12/h1-11,23H,(H,21,22). The zero-order chi connectivity index (χ0) is 16.2. The Morgan fingerprint density at radius 1 is 1.00 bits per heavy atom. The van der Waals surface area contributed by atoms with Crippen LogP contribution in [0.1, 0.15) is 21.6 Å². The monoisotopic (exact) mass is 307 g/mol. The van der Waals surface area contributed by atoms with Crippen LogP contribution in [0.2, 0.25) is 0 Å². The van der Waals surface area contributed by atoms with Gasteiger partial charge in [0.25, 0.3) is 0 Å². The Balaban J connectivity index is 2.15. The van der Waals surface area contributed by atoms with Crippen molar-refractivity contribution in [3.05, 3.63) is 83.7 Å². The number of nitrogens with zero attached hydrogens (tertiary/aromatic N) is 3. The molecule has 0 bridgehead atoms. The number of aromatic carboxylic acids is 1. The average Bonchev–Trinajstić information content (AvgIpc) is 3.03. The number of oxime groups is 1. The molecule has 2 aromatic carbocycles. The van der Waals surface area contributed by atoms with Crippen molar-refractivity contribution in [2.75, 3.05) is 0 Å². The van der Waals surface area contributed by atoms with Crippen LogP contribution in [0.5, 0.6) is 0 Å². The lowest BCUT2D eigenvalue weighted by Crippen LogP contribution is -2.10. The molecule has 0 radical (unpaired) electrons. The molecule has 6 heteroatoms. The van der Waals surface area contributed by atoms with Gasteiger partial charge in [0.1, 0.15) is 17.0 Å². The molecule has 114 valence electrons. The van der Waals surface area contributed by atoms with Crippen molar-refractivity contribution in [2.45, 2.75) is 0 Å². The van der Waals surface area contributed by atoms with Gasteiger partial charge in [0.05, 0.1) is 5.69 Å². The third-order valence-corrected chi connectivity index (χ3v) is 3.34. The summed E-state index contributed by atoms with van der Waals surface area (Å²) in [5.41, 5.74) is 1.47. The first-order valence-corrected chi connectivity index (χ1v) is 6.87. The van der Waals surface area contributed by atoms with Gasteiger partial charge < -0.3 is 10.3 Å². The first-order valence-electron chi connectivity index (χ1n) is 6.87. The van der Waals surface area contributed by atoms with E-state index in [9.17, 15) is 15.1 Å². The van der Waals surface area contributed by atoms with Gasteiger partial charge in [-0.05, 0) is 12.1 Å². The topological polar surface area (TPSA) is 87.7 Å². The van der Waals surface area contributed by atoms with Crippen LogP contribution < -0.4 is 0 Å². The van der Waals surface area contributed by atoms with Crippen molar-refractivity contribution >= 4 is 11.7 Å². The van der Waals surface area contributed by atoms with Crippen LogP contribution in [-0.4, -0.2) is 31.8 Å². The van der Waals surface area contributed by atoms with Crippen LogP contribution in [0, 0.1) is 0 Å². The highest BCUT2D eigenvalue weighted by Gasteiger charge is 2.22. The molecule has 0 saturated carbocycles. The second kappa shape index (κ2) is 6.15. The summed E-state index contributed by atoms with van der Waals surface area (Å²) in [5, 5.41) is 26.3. The molecule has 2 N–H and O–H groups in total. The molecule has 0 aliphatic rings. The van der Waals surface area contributed by atoms with Gasteiger partial charge in [-0.15, -0.1) is 0 Å². The van der Waals surface area contributed by atoms with E-state index in [4.69, 9.17) is 0 Å². The van der Waals surface area contributed by atoms with E-state index < -0.39 is 5.97 Å². The number of aromatic nitrogens is 2. The van der Waals surface area contributed by atoms with Crippen molar-refractivity contribution in [3.8, 4) is 5.69 Å². The van der Waals surface area contributed by atoms with Crippen molar-refractivity contribution < 1.29 is 15.1 Å². The van der Waals surface area contributed by atoms with E-state index in [0.29, 0.717) is 11.3 Å². The Kier molecular flexibility index (Phi) is 3.88. The molecule has 23 heavy (non-hydrogen) atoms. The zero-order valence-electron chi connectivity index (χ0n) is 12.0. The minimum atomic E-state index is -1.14. The van der Waals surface area contributed by atoms with Gasteiger partial charge in [0.2, 0.25) is 0 Å². The van der Waals surface area contributed by atoms with E-state index in [1.54, 1.807) is 36.4 Å². The van der Waals surface area contributed by atoms with E-state index in [0.717, 1.165) is 0 Å². The van der Waals surface area contributed by atoms with Gasteiger partial charge in [-0.3, -0.25) is 0 Å². The van der Waals surface area contributed by atoms with E-state index in [1.807, 2.05) is 24.3 Å². The van der Waals surface area contributed by atoms with Gasteiger partial charge in [0, 0.05) is 11.8 Å². The largest absolute Gasteiger partial charge is 0.478 e. The number of rotatable bonds is 4. The molecular weight excluding hydrogens is 294 g/mol. The normalized spacial score (nSPS) is 11.4. The molecule has 0 spiro atoms. The van der Waals surface area contributed by atoms with Crippen molar-refractivity contribution in [1.29, 1.82) is 0 Å². The molecule has 0 unspecified atom stereocenters. The summed E-state index contributed by atoms with van der Waals surface area (Å²) in [5.74, 6) is -1.14.